The van der Waals surface area contributed by atoms with Crippen molar-refractivity contribution >= 4 is 11.1 Å². The molecule has 0 aromatic heterocycles. The quantitative estimate of drug-likeness (QED) is 0.455. The lowest BCUT2D eigenvalue weighted by molar-refractivity contribution is 0.265. The van der Waals surface area contributed by atoms with Gasteiger partial charge in [-0.05, 0) is 0 Å². The predicted octanol–water partition coefficient (Wildman–Crippen LogP) is 0.0184. The van der Waals surface area contributed by atoms with Gasteiger partial charge in [0.05, 0.1) is 12.4 Å². The molecule has 1 aliphatic rings. The van der Waals surface area contributed by atoms with Crippen LogP contribution in [0.15, 0.2) is 0 Å². The van der Waals surface area contributed by atoms with E-state index >= 15 is 0 Å². The molecule has 0 aromatic rings. The Morgan fingerprint density at radius 3 is 2.71 bits per heavy atom. The third kappa shape index (κ3) is 1.21. The minimum atomic E-state index is -1.33. The maximum absolute atomic E-state index is 11.9. The molecule has 4 heteroatoms. The first-order valence-electron chi connectivity index (χ1n) is 1.95. The molecule has 1 saturated heterocycles. The van der Waals surface area contributed by atoms with E-state index in [2.05, 4.69) is 4.18 Å². The van der Waals surface area contributed by atoms with Gasteiger partial charge in [0.2, 0.25) is 0 Å². The van der Waals surface area contributed by atoms with Gasteiger partial charge in [-0.1, -0.05) is 0 Å². The van der Waals surface area contributed by atoms with Gasteiger partial charge >= 0.3 is 0 Å². The summed E-state index contributed by atoms with van der Waals surface area (Å²) in [5, 5.41) is 0. The van der Waals surface area contributed by atoms with Crippen LogP contribution in [0.1, 0.15) is 0 Å². The maximum atomic E-state index is 11.9. The molecule has 2 unspecified atom stereocenters. The highest BCUT2D eigenvalue weighted by molar-refractivity contribution is 7.80. The van der Waals surface area contributed by atoms with E-state index < -0.39 is 17.3 Å². The molecule has 0 bridgehead atoms. The normalized spacial score (nSPS) is 41.9. The molecule has 1 aliphatic heterocycles. The van der Waals surface area contributed by atoms with Crippen LogP contribution in [0.2, 0.25) is 0 Å². The molecule has 0 spiro atoms. The monoisotopic (exact) mass is 124 g/mol. The summed E-state index contributed by atoms with van der Waals surface area (Å²) < 4.78 is 26.3. The van der Waals surface area contributed by atoms with Crippen molar-refractivity contribution in [3.8, 4) is 0 Å². The van der Waals surface area contributed by atoms with E-state index in [4.69, 9.17) is 0 Å². The lowest BCUT2D eigenvalue weighted by atomic mass is 10.5. The highest BCUT2D eigenvalue weighted by Gasteiger charge is 2.20. The molecule has 2 nitrogen and oxygen atoms in total. The topological polar surface area (TPSA) is 26.3 Å². The Morgan fingerprint density at radius 1 is 1.86 bits per heavy atom. The summed E-state index contributed by atoms with van der Waals surface area (Å²) in [4.78, 5) is 0. The zero-order valence-corrected chi connectivity index (χ0v) is 4.41. The number of halogens is 1. The van der Waals surface area contributed by atoms with Crippen molar-refractivity contribution in [2.75, 3.05) is 12.4 Å². The molecule has 2 atom stereocenters. The second-order valence-electron chi connectivity index (χ2n) is 1.35. The van der Waals surface area contributed by atoms with E-state index in [1.165, 1.54) is 0 Å². The second-order valence-corrected chi connectivity index (χ2v) is 2.53. The average Bonchev–Trinajstić information content (AvgIpc) is 1.87. The van der Waals surface area contributed by atoms with Crippen molar-refractivity contribution in [3.05, 3.63) is 0 Å². The first kappa shape index (κ1) is 5.18. The van der Waals surface area contributed by atoms with E-state index in [-0.39, 0.29) is 12.4 Å². The van der Waals surface area contributed by atoms with Crippen molar-refractivity contribution in [2.24, 2.45) is 0 Å². The van der Waals surface area contributed by atoms with Gasteiger partial charge in [0.1, 0.15) is 6.17 Å². The molecule has 0 aliphatic carbocycles. The van der Waals surface area contributed by atoms with Crippen molar-refractivity contribution in [3.63, 3.8) is 0 Å². The highest BCUT2D eigenvalue weighted by Crippen LogP contribution is 2.05. The summed E-state index contributed by atoms with van der Waals surface area (Å²) >= 11 is -1.33. The van der Waals surface area contributed by atoms with E-state index in [0.717, 1.165) is 0 Å². The average molecular weight is 124 g/mol. The number of rotatable bonds is 0. The second kappa shape index (κ2) is 1.88. The van der Waals surface area contributed by atoms with Gasteiger partial charge in [-0.15, -0.1) is 0 Å². The van der Waals surface area contributed by atoms with Crippen LogP contribution < -0.4 is 0 Å². The third-order valence-electron chi connectivity index (χ3n) is 0.697. The maximum Gasteiger partial charge on any atom is 0.158 e. The van der Waals surface area contributed by atoms with Crippen LogP contribution in [0, 0.1) is 0 Å². The van der Waals surface area contributed by atoms with Crippen molar-refractivity contribution in [2.45, 2.75) is 6.17 Å². The van der Waals surface area contributed by atoms with Crippen LogP contribution in [-0.2, 0) is 15.3 Å². The van der Waals surface area contributed by atoms with E-state index in [0.29, 0.717) is 0 Å². The van der Waals surface area contributed by atoms with Crippen LogP contribution in [0.5, 0.6) is 0 Å². The molecule has 0 amide bonds. The summed E-state index contributed by atoms with van der Waals surface area (Å²) in [6, 6.07) is 0. The van der Waals surface area contributed by atoms with Crippen molar-refractivity contribution in [1.29, 1.82) is 0 Å². The van der Waals surface area contributed by atoms with Crippen LogP contribution in [0.25, 0.3) is 0 Å². The summed E-state index contributed by atoms with van der Waals surface area (Å²) in [7, 11) is 0. The Balaban J connectivity index is 2.40. The molecular weight excluding hydrogens is 119 g/mol. The Morgan fingerprint density at radius 2 is 2.57 bits per heavy atom. The first-order valence-corrected chi connectivity index (χ1v) is 3.19. The Hall–Kier alpha value is 0.0400. The summed E-state index contributed by atoms with van der Waals surface area (Å²) in [6.45, 7) is 0.00656. The van der Waals surface area contributed by atoms with Crippen molar-refractivity contribution in [1.82, 2.24) is 0 Å². The molecule has 0 saturated carbocycles. The minimum Gasteiger partial charge on any atom is -0.287 e. The fourth-order valence-corrected chi connectivity index (χ4v) is 1.18. The van der Waals surface area contributed by atoms with Crippen LogP contribution in [0.4, 0.5) is 4.39 Å². The Labute approximate surface area is 43.3 Å². The molecule has 0 aromatic carbocycles. The van der Waals surface area contributed by atoms with Crippen LogP contribution in [0.3, 0.4) is 0 Å². The Bertz CT molecular complexity index is 94.9. The molecule has 7 heavy (non-hydrogen) atoms. The third-order valence-corrected chi connectivity index (χ3v) is 1.73. The molecule has 0 radical (unpaired) electrons. The predicted molar refractivity (Wildman–Crippen MR) is 23.9 cm³/mol. The highest BCUT2D eigenvalue weighted by atomic mass is 32.2. The molecule has 1 heterocycles. The number of hydrogen-bond acceptors (Lipinski definition) is 2. The molecule has 0 N–H and O–H groups in total. The van der Waals surface area contributed by atoms with Crippen LogP contribution >= 0.6 is 0 Å². The summed E-state index contributed by atoms with van der Waals surface area (Å²) in [6.07, 6.45) is -0.999. The molecular formula is C3H5FO2S. The van der Waals surface area contributed by atoms with Gasteiger partial charge in [-0.25, -0.2) is 8.60 Å². The van der Waals surface area contributed by atoms with E-state index in [1.54, 1.807) is 0 Å². The minimum absolute atomic E-state index is 0.00656. The number of alkyl halides is 1. The molecule has 42 valence electrons. The number of hydrogen-bond donors (Lipinski definition) is 0. The smallest absolute Gasteiger partial charge is 0.158 e. The zero-order chi connectivity index (χ0) is 5.28. The fraction of sp³-hybridized carbons (Fsp3) is 1.00. The van der Waals surface area contributed by atoms with Gasteiger partial charge in [0.15, 0.2) is 11.1 Å². The van der Waals surface area contributed by atoms with Gasteiger partial charge in [0, 0.05) is 0 Å². The lowest BCUT2D eigenvalue weighted by Gasteiger charge is -1.82. The van der Waals surface area contributed by atoms with Gasteiger partial charge in [-0.2, -0.15) is 0 Å². The lowest BCUT2D eigenvalue weighted by Crippen LogP contribution is -2.00. The van der Waals surface area contributed by atoms with Crippen molar-refractivity contribution < 1.29 is 12.8 Å². The molecule has 1 fully saturated rings. The zero-order valence-electron chi connectivity index (χ0n) is 3.59. The molecule has 1 rings (SSSR count). The van der Waals surface area contributed by atoms with Gasteiger partial charge in [-0.3, -0.25) is 4.18 Å². The summed E-state index contributed by atoms with van der Waals surface area (Å²) in [5.74, 6) is 0.0556. The van der Waals surface area contributed by atoms with E-state index in [9.17, 15) is 8.60 Å². The van der Waals surface area contributed by atoms with Gasteiger partial charge in [0.25, 0.3) is 0 Å². The Kier molecular flexibility index (Phi) is 1.39. The SMILES string of the molecule is O=S1CC(F)CO1. The first-order chi connectivity index (χ1) is 3.29. The van der Waals surface area contributed by atoms with Gasteiger partial charge < -0.3 is 0 Å². The standard InChI is InChI=1S/C3H5FO2S/c4-3-1-6-7(5)2-3/h3H,1-2H2. The largest absolute Gasteiger partial charge is 0.287 e. The van der Waals surface area contributed by atoms with Crippen LogP contribution in [-0.4, -0.2) is 22.7 Å². The fourth-order valence-electron chi connectivity index (χ4n) is 0.394. The van der Waals surface area contributed by atoms with E-state index in [1.807, 2.05) is 0 Å². The summed E-state index contributed by atoms with van der Waals surface area (Å²) in [5.41, 5.74) is 0.